The maximum atomic E-state index is 12.8. The summed E-state index contributed by atoms with van der Waals surface area (Å²) in [5.74, 6) is -0.740. The number of ether oxygens (including phenoxy) is 1. The molecular formula is C11H10FNO3. The fraction of sp³-hybridized carbons (Fsp3) is 0.273. The summed E-state index contributed by atoms with van der Waals surface area (Å²) in [5.41, 5.74) is 0.421. The summed E-state index contributed by atoms with van der Waals surface area (Å²) in [7, 11) is 0. The lowest BCUT2D eigenvalue weighted by atomic mass is 10.2. The molecule has 0 spiro atoms. The van der Waals surface area contributed by atoms with Crippen LogP contribution in [-0.4, -0.2) is 17.6 Å². The predicted molar refractivity (Wildman–Crippen MR) is 54.7 cm³/mol. The van der Waals surface area contributed by atoms with Gasteiger partial charge >= 0.3 is 5.97 Å². The Hall–Kier alpha value is -1.91. The fourth-order valence-electron chi connectivity index (χ4n) is 1.53. The van der Waals surface area contributed by atoms with Gasteiger partial charge in [0.15, 0.2) is 0 Å². The lowest BCUT2D eigenvalue weighted by Gasteiger charge is -1.99. The predicted octanol–water partition coefficient (Wildman–Crippen LogP) is 2.45. The number of carbonyl (C=O) groups is 1. The number of hydrogen-bond acceptors (Lipinski definition) is 4. The Labute approximate surface area is 91.0 Å². The number of esters is 1. The molecule has 2 aromatic rings. The average molecular weight is 223 g/mol. The number of carbonyl (C=O) groups excluding carboxylic acids is 1. The van der Waals surface area contributed by atoms with Crippen LogP contribution in [0.4, 0.5) is 4.39 Å². The Bertz CT molecular complexity index is 547. The second-order valence-electron chi connectivity index (χ2n) is 3.24. The molecule has 0 amide bonds. The Kier molecular flexibility index (Phi) is 2.60. The van der Waals surface area contributed by atoms with E-state index in [2.05, 4.69) is 4.98 Å². The van der Waals surface area contributed by atoms with E-state index in [-0.39, 0.29) is 12.3 Å². The van der Waals surface area contributed by atoms with Crippen molar-refractivity contribution in [3.63, 3.8) is 0 Å². The average Bonchev–Trinajstić information content (AvgIpc) is 2.53. The highest BCUT2D eigenvalue weighted by Gasteiger charge is 2.20. The van der Waals surface area contributed by atoms with E-state index in [0.717, 1.165) is 0 Å². The molecule has 0 aliphatic rings. The Morgan fingerprint density at radius 3 is 3.00 bits per heavy atom. The van der Waals surface area contributed by atoms with Crippen LogP contribution in [0.5, 0.6) is 0 Å². The SMILES string of the molecule is CCOC(=O)c1c(C)oc2nc(F)ccc12. The van der Waals surface area contributed by atoms with E-state index in [1.54, 1.807) is 13.8 Å². The number of halogens is 1. The van der Waals surface area contributed by atoms with Crippen molar-refractivity contribution in [1.29, 1.82) is 0 Å². The highest BCUT2D eigenvalue weighted by molar-refractivity contribution is 6.03. The zero-order chi connectivity index (χ0) is 11.7. The molecule has 0 aromatic carbocycles. The minimum absolute atomic E-state index is 0.112. The number of aryl methyl sites for hydroxylation is 1. The summed E-state index contributed by atoms with van der Waals surface area (Å²) in [6.45, 7) is 3.61. The third kappa shape index (κ3) is 1.64. The van der Waals surface area contributed by atoms with Gasteiger partial charge in [-0.15, -0.1) is 0 Å². The molecular weight excluding hydrogens is 213 g/mol. The summed E-state index contributed by atoms with van der Waals surface area (Å²) in [6.07, 6.45) is 0. The van der Waals surface area contributed by atoms with Crippen molar-refractivity contribution in [2.75, 3.05) is 6.61 Å². The van der Waals surface area contributed by atoms with Crippen molar-refractivity contribution in [3.05, 3.63) is 29.4 Å². The molecule has 0 saturated heterocycles. The molecule has 0 N–H and O–H groups in total. The van der Waals surface area contributed by atoms with Crippen LogP contribution in [0, 0.1) is 12.9 Å². The van der Waals surface area contributed by atoms with Gasteiger partial charge in [0.25, 0.3) is 0 Å². The fourth-order valence-corrected chi connectivity index (χ4v) is 1.53. The maximum absolute atomic E-state index is 12.8. The van der Waals surface area contributed by atoms with Gasteiger partial charge in [0, 0.05) is 0 Å². The van der Waals surface area contributed by atoms with Crippen molar-refractivity contribution in [2.24, 2.45) is 0 Å². The Morgan fingerprint density at radius 2 is 2.31 bits per heavy atom. The molecule has 5 heteroatoms. The third-order valence-electron chi connectivity index (χ3n) is 2.18. The standard InChI is InChI=1S/C11H10FNO3/c1-3-15-11(14)9-6(2)16-10-7(9)4-5-8(12)13-10/h4-5H,3H2,1-2H3. The number of rotatable bonds is 2. The lowest BCUT2D eigenvalue weighted by Crippen LogP contribution is -2.05. The number of nitrogens with zero attached hydrogens (tertiary/aromatic N) is 1. The van der Waals surface area contributed by atoms with Gasteiger partial charge in [-0.25, -0.2) is 4.79 Å². The van der Waals surface area contributed by atoms with Crippen LogP contribution in [-0.2, 0) is 4.74 Å². The minimum Gasteiger partial charge on any atom is -0.462 e. The van der Waals surface area contributed by atoms with Crippen LogP contribution >= 0.6 is 0 Å². The molecule has 16 heavy (non-hydrogen) atoms. The summed E-state index contributed by atoms with van der Waals surface area (Å²) in [6, 6.07) is 2.64. The first-order valence-electron chi connectivity index (χ1n) is 4.86. The highest BCUT2D eigenvalue weighted by atomic mass is 19.1. The van der Waals surface area contributed by atoms with Crippen molar-refractivity contribution >= 4 is 17.1 Å². The van der Waals surface area contributed by atoms with E-state index in [1.165, 1.54) is 12.1 Å². The van der Waals surface area contributed by atoms with E-state index in [1.807, 2.05) is 0 Å². The number of aromatic nitrogens is 1. The molecule has 0 atom stereocenters. The second kappa shape index (κ2) is 3.92. The number of fused-ring (bicyclic) bond motifs is 1. The largest absolute Gasteiger partial charge is 0.462 e. The third-order valence-corrected chi connectivity index (χ3v) is 2.18. The summed E-state index contributed by atoms with van der Waals surface area (Å²) < 4.78 is 22.9. The first-order valence-corrected chi connectivity index (χ1v) is 4.86. The molecule has 4 nitrogen and oxygen atoms in total. The maximum Gasteiger partial charge on any atom is 0.342 e. The van der Waals surface area contributed by atoms with E-state index < -0.39 is 11.9 Å². The van der Waals surface area contributed by atoms with Crippen molar-refractivity contribution in [2.45, 2.75) is 13.8 Å². The smallest absolute Gasteiger partial charge is 0.342 e. The van der Waals surface area contributed by atoms with Gasteiger partial charge < -0.3 is 9.15 Å². The summed E-state index contributed by atoms with van der Waals surface area (Å²) in [5, 5.41) is 0.470. The number of pyridine rings is 1. The summed E-state index contributed by atoms with van der Waals surface area (Å²) >= 11 is 0. The first kappa shape index (κ1) is 10.6. The van der Waals surface area contributed by atoms with Gasteiger partial charge in [-0.2, -0.15) is 9.37 Å². The highest BCUT2D eigenvalue weighted by Crippen LogP contribution is 2.24. The van der Waals surface area contributed by atoms with Crippen LogP contribution < -0.4 is 0 Å². The summed E-state index contributed by atoms with van der Waals surface area (Å²) in [4.78, 5) is 15.2. The van der Waals surface area contributed by atoms with Crippen molar-refractivity contribution in [1.82, 2.24) is 4.98 Å². The van der Waals surface area contributed by atoms with Crippen LogP contribution in [0.2, 0.25) is 0 Å². The van der Waals surface area contributed by atoms with Gasteiger partial charge in [0.05, 0.1) is 12.0 Å². The molecule has 84 valence electrons. The minimum atomic E-state index is -0.642. The molecule has 2 rings (SSSR count). The molecule has 0 saturated carbocycles. The Balaban J connectivity index is 2.60. The molecule has 0 aliphatic heterocycles. The molecule has 2 aromatic heterocycles. The molecule has 0 unspecified atom stereocenters. The van der Waals surface area contributed by atoms with E-state index in [4.69, 9.17) is 9.15 Å². The monoisotopic (exact) mass is 223 g/mol. The van der Waals surface area contributed by atoms with Crippen molar-refractivity contribution < 1.29 is 18.3 Å². The van der Waals surface area contributed by atoms with Crippen LogP contribution in [0.15, 0.2) is 16.5 Å². The topological polar surface area (TPSA) is 52.3 Å². The number of furan rings is 1. The molecule has 0 aliphatic carbocycles. The molecule has 0 bridgehead atoms. The van der Waals surface area contributed by atoms with Gasteiger partial charge in [0.2, 0.25) is 11.7 Å². The van der Waals surface area contributed by atoms with Crippen LogP contribution in [0.1, 0.15) is 23.0 Å². The number of hydrogen-bond donors (Lipinski definition) is 0. The van der Waals surface area contributed by atoms with Crippen molar-refractivity contribution in [3.8, 4) is 0 Å². The molecule has 2 heterocycles. The quantitative estimate of drug-likeness (QED) is 0.579. The first-order chi connectivity index (χ1) is 7.63. The Morgan fingerprint density at radius 1 is 1.56 bits per heavy atom. The van der Waals surface area contributed by atoms with Gasteiger partial charge in [0.1, 0.15) is 11.3 Å². The van der Waals surface area contributed by atoms with E-state index >= 15 is 0 Å². The zero-order valence-electron chi connectivity index (χ0n) is 8.91. The van der Waals surface area contributed by atoms with E-state index in [9.17, 15) is 9.18 Å². The van der Waals surface area contributed by atoms with Crippen LogP contribution in [0.3, 0.4) is 0 Å². The second-order valence-corrected chi connectivity index (χ2v) is 3.24. The van der Waals surface area contributed by atoms with Crippen LogP contribution in [0.25, 0.3) is 11.1 Å². The molecule has 0 fully saturated rings. The van der Waals surface area contributed by atoms with Gasteiger partial charge in [-0.05, 0) is 26.0 Å². The van der Waals surface area contributed by atoms with Gasteiger partial charge in [-0.1, -0.05) is 0 Å². The van der Waals surface area contributed by atoms with E-state index in [0.29, 0.717) is 16.7 Å². The zero-order valence-corrected chi connectivity index (χ0v) is 8.91. The molecule has 0 radical (unpaired) electrons. The normalized spacial score (nSPS) is 10.7. The van der Waals surface area contributed by atoms with Gasteiger partial charge in [-0.3, -0.25) is 0 Å². The lowest BCUT2D eigenvalue weighted by molar-refractivity contribution is 0.0526.